The molecule has 0 aromatic carbocycles. The van der Waals surface area contributed by atoms with Crippen molar-refractivity contribution in [1.82, 2.24) is 10.1 Å². The summed E-state index contributed by atoms with van der Waals surface area (Å²) in [5.74, 6) is 1.24. The SMILES string of the molecule is Cc1noc(C)c1CC(=O)Nc1nc(C2CC2)cs1. The van der Waals surface area contributed by atoms with E-state index in [0.717, 1.165) is 17.0 Å². The summed E-state index contributed by atoms with van der Waals surface area (Å²) in [7, 11) is 0. The summed E-state index contributed by atoms with van der Waals surface area (Å²) in [6.07, 6.45) is 2.71. The molecule has 1 N–H and O–H groups in total. The molecule has 0 saturated heterocycles. The number of carbonyl (C=O) groups excluding carboxylic acids is 1. The van der Waals surface area contributed by atoms with Gasteiger partial charge < -0.3 is 9.84 Å². The smallest absolute Gasteiger partial charge is 0.230 e. The van der Waals surface area contributed by atoms with Crippen LogP contribution in [-0.2, 0) is 11.2 Å². The van der Waals surface area contributed by atoms with E-state index in [0.29, 0.717) is 16.8 Å². The molecule has 1 aliphatic rings. The van der Waals surface area contributed by atoms with Crippen LogP contribution in [0.1, 0.15) is 41.5 Å². The molecular formula is C13H15N3O2S. The molecule has 2 heterocycles. The zero-order valence-corrected chi connectivity index (χ0v) is 11.7. The minimum atomic E-state index is -0.0777. The van der Waals surface area contributed by atoms with Gasteiger partial charge in [-0.3, -0.25) is 4.79 Å². The maximum atomic E-state index is 12.0. The lowest BCUT2D eigenvalue weighted by atomic mass is 10.1. The quantitative estimate of drug-likeness (QED) is 0.933. The molecule has 2 aromatic rings. The number of thiazole rings is 1. The first kappa shape index (κ1) is 12.3. The van der Waals surface area contributed by atoms with Gasteiger partial charge in [0, 0.05) is 16.9 Å². The summed E-state index contributed by atoms with van der Waals surface area (Å²) in [5, 5.41) is 9.39. The number of hydrogen-bond donors (Lipinski definition) is 1. The number of nitrogens with one attached hydrogen (secondary N) is 1. The van der Waals surface area contributed by atoms with Gasteiger partial charge in [-0.05, 0) is 26.7 Å². The number of anilines is 1. The molecule has 0 unspecified atom stereocenters. The van der Waals surface area contributed by atoms with Crippen LogP contribution in [0.2, 0.25) is 0 Å². The third-order valence-electron chi connectivity index (χ3n) is 3.28. The molecule has 0 atom stereocenters. The van der Waals surface area contributed by atoms with Crippen molar-refractivity contribution < 1.29 is 9.32 Å². The highest BCUT2D eigenvalue weighted by Gasteiger charge is 2.26. The highest BCUT2D eigenvalue weighted by atomic mass is 32.1. The molecule has 0 radical (unpaired) electrons. The molecule has 100 valence electrons. The summed E-state index contributed by atoms with van der Waals surface area (Å²) >= 11 is 1.49. The Morgan fingerprint density at radius 3 is 2.95 bits per heavy atom. The largest absolute Gasteiger partial charge is 0.361 e. The minimum absolute atomic E-state index is 0.0777. The van der Waals surface area contributed by atoms with Crippen molar-refractivity contribution in [2.45, 2.75) is 39.0 Å². The van der Waals surface area contributed by atoms with E-state index in [9.17, 15) is 4.79 Å². The normalized spacial score (nSPS) is 14.6. The fourth-order valence-corrected chi connectivity index (χ4v) is 2.80. The molecule has 1 amide bonds. The summed E-state index contributed by atoms with van der Waals surface area (Å²) in [5.41, 5.74) is 2.74. The number of rotatable bonds is 4. The van der Waals surface area contributed by atoms with Gasteiger partial charge in [-0.25, -0.2) is 4.98 Å². The predicted molar refractivity (Wildman–Crippen MR) is 72.4 cm³/mol. The predicted octanol–water partition coefficient (Wildman–Crippen LogP) is 2.81. The van der Waals surface area contributed by atoms with E-state index in [1.165, 1.54) is 24.2 Å². The lowest BCUT2D eigenvalue weighted by Crippen LogP contribution is -2.15. The molecule has 1 fully saturated rings. The van der Waals surface area contributed by atoms with Gasteiger partial charge in [0.2, 0.25) is 5.91 Å². The standard InChI is InChI=1S/C13H15N3O2S/c1-7-10(8(2)18-16-7)5-12(17)15-13-14-11(6-19-13)9-3-4-9/h6,9H,3-5H2,1-2H3,(H,14,15,17). The summed E-state index contributed by atoms with van der Waals surface area (Å²) in [6.45, 7) is 3.66. The van der Waals surface area contributed by atoms with Gasteiger partial charge >= 0.3 is 0 Å². The second kappa shape index (κ2) is 4.77. The summed E-state index contributed by atoms with van der Waals surface area (Å²) in [6, 6.07) is 0. The van der Waals surface area contributed by atoms with E-state index >= 15 is 0 Å². The van der Waals surface area contributed by atoms with E-state index in [-0.39, 0.29) is 12.3 Å². The van der Waals surface area contributed by atoms with E-state index in [4.69, 9.17) is 4.52 Å². The third-order valence-corrected chi connectivity index (χ3v) is 4.06. The van der Waals surface area contributed by atoms with E-state index in [1.54, 1.807) is 0 Å². The summed E-state index contributed by atoms with van der Waals surface area (Å²) < 4.78 is 5.05. The van der Waals surface area contributed by atoms with Crippen LogP contribution in [0.5, 0.6) is 0 Å². The molecule has 2 aromatic heterocycles. The van der Waals surface area contributed by atoms with Crippen molar-refractivity contribution >= 4 is 22.4 Å². The fourth-order valence-electron chi connectivity index (χ4n) is 1.99. The van der Waals surface area contributed by atoms with Crippen molar-refractivity contribution in [1.29, 1.82) is 0 Å². The van der Waals surface area contributed by atoms with Gasteiger partial charge in [0.1, 0.15) is 5.76 Å². The van der Waals surface area contributed by atoms with Crippen LogP contribution in [0.15, 0.2) is 9.90 Å². The second-order valence-corrected chi connectivity index (χ2v) is 5.74. The number of hydrogen-bond acceptors (Lipinski definition) is 5. The molecular weight excluding hydrogens is 262 g/mol. The monoisotopic (exact) mass is 277 g/mol. The molecule has 0 aliphatic heterocycles. The number of aryl methyl sites for hydroxylation is 2. The Balaban J connectivity index is 1.64. The van der Waals surface area contributed by atoms with Gasteiger partial charge in [-0.15, -0.1) is 11.3 Å². The highest BCUT2D eigenvalue weighted by Crippen LogP contribution is 2.40. The Morgan fingerprint density at radius 2 is 2.32 bits per heavy atom. The highest BCUT2D eigenvalue weighted by molar-refractivity contribution is 7.13. The lowest BCUT2D eigenvalue weighted by Gasteiger charge is -2.01. The van der Waals surface area contributed by atoms with E-state index < -0.39 is 0 Å². The maximum Gasteiger partial charge on any atom is 0.230 e. The van der Waals surface area contributed by atoms with Crippen LogP contribution in [0.4, 0.5) is 5.13 Å². The van der Waals surface area contributed by atoms with Gasteiger partial charge in [0.25, 0.3) is 0 Å². The minimum Gasteiger partial charge on any atom is -0.361 e. The number of nitrogens with zero attached hydrogens (tertiary/aromatic N) is 2. The van der Waals surface area contributed by atoms with Crippen molar-refractivity contribution in [3.63, 3.8) is 0 Å². The zero-order valence-electron chi connectivity index (χ0n) is 10.9. The van der Waals surface area contributed by atoms with Gasteiger partial charge in [0.05, 0.1) is 17.8 Å². The molecule has 19 heavy (non-hydrogen) atoms. The topological polar surface area (TPSA) is 68.0 Å². The first-order chi connectivity index (χ1) is 9.13. The Bertz CT molecular complexity index is 594. The number of aromatic nitrogens is 2. The average Bonchev–Trinajstić information content (AvgIpc) is 3.06. The first-order valence-corrected chi connectivity index (χ1v) is 7.18. The average molecular weight is 277 g/mol. The van der Waals surface area contributed by atoms with Gasteiger partial charge in [-0.2, -0.15) is 0 Å². The Kier molecular flexibility index (Phi) is 3.10. The van der Waals surface area contributed by atoms with Crippen LogP contribution in [0, 0.1) is 13.8 Å². The van der Waals surface area contributed by atoms with Crippen molar-refractivity contribution in [2.24, 2.45) is 0 Å². The van der Waals surface area contributed by atoms with Crippen molar-refractivity contribution in [2.75, 3.05) is 5.32 Å². The van der Waals surface area contributed by atoms with Crippen LogP contribution in [0.3, 0.4) is 0 Å². The molecule has 0 spiro atoms. The lowest BCUT2D eigenvalue weighted by molar-refractivity contribution is -0.115. The number of carbonyl (C=O) groups is 1. The first-order valence-electron chi connectivity index (χ1n) is 6.30. The molecule has 5 nitrogen and oxygen atoms in total. The third kappa shape index (κ3) is 2.68. The number of amides is 1. The van der Waals surface area contributed by atoms with Crippen LogP contribution >= 0.6 is 11.3 Å². The van der Waals surface area contributed by atoms with Gasteiger partial charge in [0.15, 0.2) is 5.13 Å². The van der Waals surface area contributed by atoms with Crippen LogP contribution in [-0.4, -0.2) is 16.0 Å². The Hall–Kier alpha value is -1.69. The fraction of sp³-hybridized carbons (Fsp3) is 0.462. The molecule has 1 saturated carbocycles. The van der Waals surface area contributed by atoms with Crippen LogP contribution in [0.25, 0.3) is 0 Å². The Labute approximate surface area is 115 Å². The van der Waals surface area contributed by atoms with E-state index in [1.807, 2.05) is 19.2 Å². The maximum absolute atomic E-state index is 12.0. The van der Waals surface area contributed by atoms with E-state index in [2.05, 4.69) is 15.5 Å². The Morgan fingerprint density at radius 1 is 1.53 bits per heavy atom. The summed E-state index contributed by atoms with van der Waals surface area (Å²) in [4.78, 5) is 16.4. The molecule has 1 aliphatic carbocycles. The van der Waals surface area contributed by atoms with Gasteiger partial charge in [-0.1, -0.05) is 5.16 Å². The second-order valence-electron chi connectivity index (χ2n) is 4.88. The molecule has 6 heteroatoms. The van der Waals surface area contributed by atoms with Crippen LogP contribution < -0.4 is 5.32 Å². The van der Waals surface area contributed by atoms with Crippen molar-refractivity contribution in [3.05, 3.63) is 28.1 Å². The van der Waals surface area contributed by atoms with Crippen molar-refractivity contribution in [3.8, 4) is 0 Å². The molecule has 0 bridgehead atoms. The molecule has 3 rings (SSSR count). The zero-order chi connectivity index (χ0) is 13.4.